The van der Waals surface area contributed by atoms with Crippen LogP contribution in [0.2, 0.25) is 0 Å². The van der Waals surface area contributed by atoms with E-state index in [4.69, 9.17) is 9.47 Å². The summed E-state index contributed by atoms with van der Waals surface area (Å²) in [5.41, 5.74) is 3.69. The van der Waals surface area contributed by atoms with E-state index >= 15 is 0 Å². The van der Waals surface area contributed by atoms with E-state index in [1.54, 1.807) is 0 Å². The Balaban J connectivity index is 1.87. The summed E-state index contributed by atoms with van der Waals surface area (Å²) in [6, 6.07) is 6.05. The Bertz CT molecular complexity index is 657. The number of nitrogens with one attached hydrogen (secondary N) is 1. The molecule has 0 radical (unpaired) electrons. The molecule has 1 N–H and O–H groups in total. The second-order valence-corrected chi connectivity index (χ2v) is 5.43. The van der Waals surface area contributed by atoms with Crippen molar-refractivity contribution in [3.05, 3.63) is 35.0 Å². The highest BCUT2D eigenvalue weighted by atomic mass is 16.5. The van der Waals surface area contributed by atoms with Gasteiger partial charge in [0.2, 0.25) is 0 Å². The zero-order valence-electron chi connectivity index (χ0n) is 12.4. The molecule has 5 heteroatoms. The fourth-order valence-corrected chi connectivity index (χ4v) is 2.77. The molecule has 1 aliphatic heterocycles. The number of aryl methyl sites for hydroxylation is 1. The van der Waals surface area contributed by atoms with Crippen molar-refractivity contribution < 1.29 is 14.3 Å². The molecule has 21 heavy (non-hydrogen) atoms. The Morgan fingerprint density at radius 3 is 2.81 bits per heavy atom. The fraction of sp³-hybridized carbons (Fsp3) is 0.438. The lowest BCUT2D eigenvalue weighted by Crippen LogP contribution is -2.35. The van der Waals surface area contributed by atoms with E-state index in [1.807, 2.05) is 19.1 Å². The van der Waals surface area contributed by atoms with E-state index in [9.17, 15) is 4.79 Å². The molecule has 0 saturated carbocycles. The lowest BCUT2D eigenvalue weighted by Gasteiger charge is -2.25. The van der Waals surface area contributed by atoms with Crippen molar-refractivity contribution in [2.45, 2.75) is 13.5 Å². The molecule has 1 aromatic heterocycles. The number of carbonyl (C=O) groups is 1. The van der Waals surface area contributed by atoms with Crippen LogP contribution >= 0.6 is 0 Å². The molecule has 0 aliphatic carbocycles. The van der Waals surface area contributed by atoms with E-state index in [1.165, 1.54) is 7.11 Å². The third kappa shape index (κ3) is 2.94. The number of methoxy groups -OCH3 is 1. The topological polar surface area (TPSA) is 54.6 Å². The van der Waals surface area contributed by atoms with Crippen LogP contribution in [0.15, 0.2) is 18.2 Å². The van der Waals surface area contributed by atoms with E-state index in [-0.39, 0.29) is 5.97 Å². The number of H-pyrrole nitrogens is 1. The summed E-state index contributed by atoms with van der Waals surface area (Å²) >= 11 is 0. The summed E-state index contributed by atoms with van der Waals surface area (Å²) in [6.45, 7) is 6.33. The molecule has 2 heterocycles. The van der Waals surface area contributed by atoms with Gasteiger partial charge in [-0.15, -0.1) is 0 Å². The van der Waals surface area contributed by atoms with Crippen molar-refractivity contribution in [1.82, 2.24) is 9.88 Å². The SMILES string of the molecule is COC(=O)c1cc2[nH]c(CN3CCOCC3)cc2cc1C. The zero-order chi connectivity index (χ0) is 14.8. The largest absolute Gasteiger partial charge is 0.465 e. The molecule has 0 spiro atoms. The van der Waals surface area contributed by atoms with Gasteiger partial charge < -0.3 is 14.5 Å². The smallest absolute Gasteiger partial charge is 0.338 e. The van der Waals surface area contributed by atoms with Gasteiger partial charge in [-0.05, 0) is 30.7 Å². The van der Waals surface area contributed by atoms with Gasteiger partial charge in [0.05, 0.1) is 25.9 Å². The number of hydrogen-bond donors (Lipinski definition) is 1. The molecule has 0 bridgehead atoms. The van der Waals surface area contributed by atoms with Crippen molar-refractivity contribution in [1.29, 1.82) is 0 Å². The number of esters is 1. The molecule has 1 fully saturated rings. The maximum Gasteiger partial charge on any atom is 0.338 e. The van der Waals surface area contributed by atoms with Crippen LogP contribution in [-0.2, 0) is 16.0 Å². The quantitative estimate of drug-likeness (QED) is 0.879. The highest BCUT2D eigenvalue weighted by Gasteiger charge is 2.14. The van der Waals surface area contributed by atoms with Crippen LogP contribution in [0, 0.1) is 6.92 Å². The summed E-state index contributed by atoms with van der Waals surface area (Å²) in [5, 5.41) is 1.13. The molecule has 0 atom stereocenters. The molecule has 5 nitrogen and oxygen atoms in total. The first-order valence-electron chi connectivity index (χ1n) is 7.18. The number of nitrogens with zero attached hydrogens (tertiary/aromatic N) is 1. The van der Waals surface area contributed by atoms with Gasteiger partial charge >= 0.3 is 5.97 Å². The Hall–Kier alpha value is -1.85. The molecule has 1 saturated heterocycles. The fourth-order valence-electron chi connectivity index (χ4n) is 2.77. The molecule has 2 aromatic rings. The Labute approximate surface area is 123 Å². The van der Waals surface area contributed by atoms with E-state index < -0.39 is 0 Å². The van der Waals surface area contributed by atoms with Crippen LogP contribution < -0.4 is 0 Å². The van der Waals surface area contributed by atoms with Crippen molar-refractivity contribution in [3.8, 4) is 0 Å². The van der Waals surface area contributed by atoms with Crippen LogP contribution in [-0.4, -0.2) is 49.3 Å². The highest BCUT2D eigenvalue weighted by molar-refractivity contribution is 5.96. The van der Waals surface area contributed by atoms with Gasteiger partial charge in [-0.1, -0.05) is 0 Å². The third-order valence-corrected chi connectivity index (χ3v) is 3.92. The van der Waals surface area contributed by atoms with Gasteiger partial charge in [-0.25, -0.2) is 4.79 Å². The monoisotopic (exact) mass is 288 g/mol. The maximum atomic E-state index is 11.7. The van der Waals surface area contributed by atoms with Gasteiger partial charge in [-0.3, -0.25) is 4.90 Å². The molecular formula is C16H20N2O3. The van der Waals surface area contributed by atoms with Crippen molar-refractivity contribution in [2.75, 3.05) is 33.4 Å². The first-order valence-corrected chi connectivity index (χ1v) is 7.18. The summed E-state index contributed by atoms with van der Waals surface area (Å²) in [4.78, 5) is 17.5. The third-order valence-electron chi connectivity index (χ3n) is 3.92. The second-order valence-electron chi connectivity index (χ2n) is 5.43. The lowest BCUT2D eigenvalue weighted by molar-refractivity contribution is 0.0337. The number of benzene rings is 1. The number of rotatable bonds is 3. The number of hydrogen-bond acceptors (Lipinski definition) is 4. The number of morpholine rings is 1. The lowest BCUT2D eigenvalue weighted by atomic mass is 10.1. The van der Waals surface area contributed by atoms with Crippen molar-refractivity contribution in [2.24, 2.45) is 0 Å². The van der Waals surface area contributed by atoms with E-state index in [0.29, 0.717) is 5.56 Å². The summed E-state index contributed by atoms with van der Waals surface area (Å²) < 4.78 is 10.2. The minimum Gasteiger partial charge on any atom is -0.465 e. The predicted octanol–water partition coefficient (Wildman–Crippen LogP) is 2.10. The first-order chi connectivity index (χ1) is 10.2. The number of fused-ring (bicyclic) bond motifs is 1. The molecular weight excluding hydrogens is 268 g/mol. The summed E-state index contributed by atoms with van der Waals surface area (Å²) in [5.74, 6) is -0.293. The van der Waals surface area contributed by atoms with Crippen LogP contribution in [0.25, 0.3) is 10.9 Å². The van der Waals surface area contributed by atoms with Gasteiger partial charge in [0.1, 0.15) is 0 Å². The number of aromatic nitrogens is 1. The molecule has 1 aliphatic rings. The van der Waals surface area contributed by atoms with Crippen LogP contribution in [0.4, 0.5) is 0 Å². The Morgan fingerprint density at radius 2 is 2.10 bits per heavy atom. The Morgan fingerprint density at radius 1 is 1.33 bits per heavy atom. The average Bonchev–Trinajstić information content (AvgIpc) is 2.87. The second kappa shape index (κ2) is 5.87. The molecule has 0 amide bonds. The van der Waals surface area contributed by atoms with Crippen LogP contribution in [0.3, 0.4) is 0 Å². The molecule has 1 aromatic carbocycles. The standard InChI is InChI=1S/C16H20N2O3/c1-11-7-12-8-13(10-18-3-5-21-6-4-18)17-15(12)9-14(11)16(19)20-2/h7-9,17H,3-6,10H2,1-2H3. The van der Waals surface area contributed by atoms with Gasteiger partial charge in [-0.2, -0.15) is 0 Å². The number of aromatic amines is 1. The van der Waals surface area contributed by atoms with E-state index in [0.717, 1.165) is 55.0 Å². The minimum absolute atomic E-state index is 0.293. The minimum atomic E-state index is -0.293. The maximum absolute atomic E-state index is 11.7. The van der Waals surface area contributed by atoms with Crippen molar-refractivity contribution in [3.63, 3.8) is 0 Å². The number of carbonyl (C=O) groups excluding carboxylic acids is 1. The van der Waals surface area contributed by atoms with Gasteiger partial charge in [0, 0.05) is 36.2 Å². The summed E-state index contributed by atoms with van der Waals surface area (Å²) in [6.07, 6.45) is 0. The number of ether oxygens (including phenoxy) is 2. The molecule has 112 valence electrons. The first kappa shape index (κ1) is 14.1. The Kier molecular flexibility index (Phi) is 3.94. The zero-order valence-corrected chi connectivity index (χ0v) is 12.4. The summed E-state index contributed by atoms with van der Waals surface area (Å²) in [7, 11) is 1.41. The van der Waals surface area contributed by atoms with Crippen LogP contribution in [0.1, 0.15) is 21.6 Å². The normalized spacial score (nSPS) is 16.3. The predicted molar refractivity (Wildman–Crippen MR) is 80.5 cm³/mol. The van der Waals surface area contributed by atoms with Crippen molar-refractivity contribution >= 4 is 16.9 Å². The van der Waals surface area contributed by atoms with Gasteiger partial charge in [0.25, 0.3) is 0 Å². The average molecular weight is 288 g/mol. The van der Waals surface area contributed by atoms with Gasteiger partial charge in [0.15, 0.2) is 0 Å². The van der Waals surface area contributed by atoms with E-state index in [2.05, 4.69) is 16.0 Å². The van der Waals surface area contributed by atoms with Crippen LogP contribution in [0.5, 0.6) is 0 Å². The molecule has 0 unspecified atom stereocenters. The highest BCUT2D eigenvalue weighted by Crippen LogP contribution is 2.22. The molecule has 3 rings (SSSR count).